The molecule has 0 radical (unpaired) electrons. The number of nitrogens with one attached hydrogen (secondary N) is 1. The molecular weight excluding hydrogens is 598 g/mol. The third-order valence-electron chi connectivity index (χ3n) is 9.72. The molecule has 1 N–H and O–H groups in total. The van der Waals surface area contributed by atoms with Crippen molar-refractivity contribution in [3.8, 4) is 11.5 Å². The number of hydrogen-bond donors (Lipinski definition) is 1. The number of fused-ring (bicyclic) bond motifs is 2. The lowest BCUT2D eigenvalue weighted by Crippen LogP contribution is -2.45. The SMILES string of the molecule is COc1cc2c(OC)c(c1)[C@H](OC)[C@@H](C)C[C@H](OC)[C@H](OC)[C@@H](C)/C=C(\C)[C@H](O[Si](C)(C)C(C)(C)C)[C@@H](C)/C=C/C=C(\C)C(=O)N2. The highest BCUT2D eigenvalue weighted by atomic mass is 28.4. The highest BCUT2D eigenvalue weighted by Gasteiger charge is 2.41. The van der Waals surface area contributed by atoms with Gasteiger partial charge < -0.3 is 33.4 Å². The summed E-state index contributed by atoms with van der Waals surface area (Å²) in [5.41, 5.74) is 2.99. The molecule has 0 fully saturated rings. The van der Waals surface area contributed by atoms with Crippen molar-refractivity contribution in [3.05, 3.63) is 53.1 Å². The fraction of sp³-hybridized carbons (Fsp3) is 0.649. The van der Waals surface area contributed by atoms with Gasteiger partial charge >= 0.3 is 0 Å². The van der Waals surface area contributed by atoms with Crippen molar-refractivity contribution in [1.29, 1.82) is 0 Å². The normalized spacial score (nSPS) is 30.4. The Morgan fingerprint density at radius 3 is 2.04 bits per heavy atom. The quantitative estimate of drug-likeness (QED) is 0.232. The molecule has 0 saturated heterocycles. The average Bonchev–Trinajstić information content (AvgIpc) is 2.98. The van der Waals surface area contributed by atoms with Gasteiger partial charge in [0.2, 0.25) is 0 Å². The molecule has 9 heteroatoms. The molecular formula is C37H61NO7Si. The highest BCUT2D eigenvalue weighted by molar-refractivity contribution is 6.74. The molecule has 2 rings (SSSR count). The van der Waals surface area contributed by atoms with E-state index < -0.39 is 8.32 Å². The smallest absolute Gasteiger partial charge is 0.251 e. The second-order valence-corrected chi connectivity index (χ2v) is 19.0. The van der Waals surface area contributed by atoms with E-state index in [1.807, 2.05) is 18.2 Å². The fourth-order valence-corrected chi connectivity index (χ4v) is 7.37. The molecule has 1 aliphatic heterocycles. The van der Waals surface area contributed by atoms with Crippen molar-refractivity contribution < 1.29 is 32.9 Å². The molecule has 260 valence electrons. The maximum absolute atomic E-state index is 13.4. The predicted octanol–water partition coefficient (Wildman–Crippen LogP) is 8.51. The lowest BCUT2D eigenvalue weighted by atomic mass is 9.86. The predicted molar refractivity (Wildman–Crippen MR) is 190 cm³/mol. The molecule has 0 unspecified atom stereocenters. The molecule has 0 aromatic heterocycles. The van der Waals surface area contributed by atoms with Gasteiger partial charge in [-0.25, -0.2) is 0 Å². The fourth-order valence-electron chi connectivity index (χ4n) is 5.99. The number of anilines is 1. The Bertz CT molecular complexity index is 1250. The minimum atomic E-state index is -2.12. The van der Waals surface area contributed by atoms with Gasteiger partial charge in [-0.15, -0.1) is 0 Å². The van der Waals surface area contributed by atoms with E-state index >= 15 is 0 Å². The summed E-state index contributed by atoms with van der Waals surface area (Å²) in [4.78, 5) is 13.4. The van der Waals surface area contributed by atoms with E-state index in [0.717, 1.165) is 11.1 Å². The minimum absolute atomic E-state index is 0.0166. The Hall–Kier alpha value is -2.43. The number of benzene rings is 1. The molecule has 1 aromatic rings. The van der Waals surface area contributed by atoms with Crippen molar-refractivity contribution in [2.75, 3.05) is 40.9 Å². The van der Waals surface area contributed by atoms with E-state index in [9.17, 15) is 4.79 Å². The van der Waals surface area contributed by atoms with Gasteiger partial charge in [0.25, 0.3) is 5.91 Å². The summed E-state index contributed by atoms with van der Waals surface area (Å²) in [5.74, 6) is 0.940. The minimum Gasteiger partial charge on any atom is -0.497 e. The average molecular weight is 660 g/mol. The standard InChI is InChI=1S/C37H61NO7Si/c1-23-17-16-18-24(2)36(39)38-30-22-28(40-9)21-29(35(30)44-13)33(42-11)27(5)20-31(41-10)34(43-12)26(4)19-25(3)32(23)45-46(14,15)37(6,7)8/h16-19,21-23,26-27,31-34H,20H2,1-15H3,(H,38,39)/b17-16+,24-18+,25-19+/t23-,26-,27-,31-,32+,33+,34+/m0/s1. The van der Waals surface area contributed by atoms with Crippen molar-refractivity contribution in [2.24, 2.45) is 17.8 Å². The third kappa shape index (κ3) is 9.80. The Balaban J connectivity index is 2.78. The molecule has 1 amide bonds. The summed E-state index contributed by atoms with van der Waals surface area (Å²) in [5, 5.41) is 3.09. The van der Waals surface area contributed by atoms with Crippen LogP contribution in [-0.4, -0.2) is 68.1 Å². The van der Waals surface area contributed by atoms with Gasteiger partial charge in [-0.2, -0.15) is 0 Å². The van der Waals surface area contributed by atoms with Crippen LogP contribution in [0.5, 0.6) is 11.5 Å². The van der Waals surface area contributed by atoms with Crippen molar-refractivity contribution in [2.45, 2.75) is 104 Å². The number of methoxy groups -OCH3 is 5. The second kappa shape index (κ2) is 17.1. The number of amides is 1. The summed E-state index contributed by atoms with van der Waals surface area (Å²) in [6, 6.07) is 3.67. The van der Waals surface area contributed by atoms with Gasteiger partial charge in [-0.05, 0) is 56.0 Å². The van der Waals surface area contributed by atoms with Crippen LogP contribution in [0.15, 0.2) is 47.6 Å². The first-order valence-corrected chi connectivity index (χ1v) is 19.2. The number of allylic oxidation sites excluding steroid dienone is 2. The largest absolute Gasteiger partial charge is 0.497 e. The molecule has 8 nitrogen and oxygen atoms in total. The molecule has 0 saturated carbocycles. The maximum Gasteiger partial charge on any atom is 0.251 e. The van der Waals surface area contributed by atoms with Crippen molar-refractivity contribution >= 4 is 19.9 Å². The molecule has 1 aromatic carbocycles. The summed E-state index contributed by atoms with van der Waals surface area (Å²) >= 11 is 0. The lowest BCUT2D eigenvalue weighted by Gasteiger charge is -2.41. The number of ether oxygens (including phenoxy) is 5. The second-order valence-electron chi connectivity index (χ2n) is 14.3. The topological polar surface area (TPSA) is 84.5 Å². The van der Waals surface area contributed by atoms with E-state index in [0.29, 0.717) is 29.2 Å². The first-order valence-electron chi connectivity index (χ1n) is 16.3. The van der Waals surface area contributed by atoms with Gasteiger partial charge in [-0.1, -0.05) is 65.8 Å². The summed E-state index contributed by atoms with van der Waals surface area (Å²) in [6.45, 7) is 21.8. The van der Waals surface area contributed by atoms with Gasteiger partial charge in [0.1, 0.15) is 11.5 Å². The van der Waals surface area contributed by atoms with Crippen LogP contribution in [0, 0.1) is 17.8 Å². The van der Waals surface area contributed by atoms with E-state index in [2.05, 4.69) is 79.0 Å². The van der Waals surface area contributed by atoms with Crippen LogP contribution in [-0.2, 0) is 23.4 Å². The van der Waals surface area contributed by atoms with E-state index in [1.165, 1.54) is 0 Å². The Kier molecular flexibility index (Phi) is 14.8. The zero-order valence-electron chi connectivity index (χ0n) is 31.1. The highest BCUT2D eigenvalue weighted by Crippen LogP contribution is 2.43. The first kappa shape index (κ1) is 39.7. The maximum atomic E-state index is 13.4. The van der Waals surface area contributed by atoms with Crippen LogP contribution in [0.1, 0.15) is 73.5 Å². The summed E-state index contributed by atoms with van der Waals surface area (Å²) in [6.07, 6.45) is 7.87. The van der Waals surface area contributed by atoms with Gasteiger partial charge in [-0.3, -0.25) is 4.79 Å². The number of rotatable bonds is 7. The van der Waals surface area contributed by atoms with Crippen LogP contribution in [0.25, 0.3) is 0 Å². The van der Waals surface area contributed by atoms with Gasteiger partial charge in [0.15, 0.2) is 8.32 Å². The van der Waals surface area contributed by atoms with Gasteiger partial charge in [0.05, 0.1) is 44.3 Å². The Labute approximate surface area is 280 Å². The van der Waals surface area contributed by atoms with Gasteiger partial charge in [0, 0.05) is 50.4 Å². The Morgan fingerprint density at radius 2 is 1.52 bits per heavy atom. The van der Waals surface area contributed by atoms with Crippen molar-refractivity contribution in [3.63, 3.8) is 0 Å². The summed E-state index contributed by atoms with van der Waals surface area (Å²) < 4.78 is 37.0. The molecule has 0 aliphatic carbocycles. The Morgan fingerprint density at radius 1 is 0.870 bits per heavy atom. The number of carbonyl (C=O) groups is 1. The van der Waals surface area contributed by atoms with Crippen LogP contribution >= 0.6 is 0 Å². The molecule has 7 atom stereocenters. The lowest BCUT2D eigenvalue weighted by molar-refractivity contribution is -0.112. The number of carbonyl (C=O) groups excluding carboxylic acids is 1. The molecule has 1 aliphatic rings. The molecule has 46 heavy (non-hydrogen) atoms. The summed E-state index contributed by atoms with van der Waals surface area (Å²) in [7, 11) is 6.23. The molecule has 1 heterocycles. The molecule has 2 bridgehead atoms. The zero-order valence-corrected chi connectivity index (χ0v) is 32.1. The number of hydrogen-bond acceptors (Lipinski definition) is 7. The van der Waals surface area contributed by atoms with Crippen molar-refractivity contribution in [1.82, 2.24) is 0 Å². The third-order valence-corrected chi connectivity index (χ3v) is 14.2. The van der Waals surface area contributed by atoms with Crippen LogP contribution < -0.4 is 14.8 Å². The van der Waals surface area contributed by atoms with E-state index in [4.69, 9.17) is 28.1 Å². The first-order chi connectivity index (χ1) is 21.5. The van der Waals surface area contributed by atoms with Crippen LogP contribution in [0.4, 0.5) is 5.69 Å². The molecule has 0 spiro atoms. The van der Waals surface area contributed by atoms with Crippen LogP contribution in [0.2, 0.25) is 18.1 Å². The van der Waals surface area contributed by atoms with Crippen LogP contribution in [0.3, 0.4) is 0 Å². The zero-order chi connectivity index (χ0) is 35.0. The van der Waals surface area contributed by atoms with E-state index in [-0.39, 0.29) is 53.1 Å². The van der Waals surface area contributed by atoms with E-state index in [1.54, 1.807) is 48.5 Å². The monoisotopic (exact) mass is 659 g/mol.